The average Bonchev–Trinajstić information content (AvgIpc) is 3.17. The van der Waals surface area contributed by atoms with Gasteiger partial charge in [-0.25, -0.2) is 4.98 Å². The lowest BCUT2D eigenvalue weighted by Crippen LogP contribution is -2.51. The Morgan fingerprint density at radius 3 is 2.62 bits per heavy atom. The molecular formula is C25H30ClN5O. The number of fused-ring (bicyclic) bond motifs is 1. The van der Waals surface area contributed by atoms with E-state index in [4.69, 9.17) is 16.6 Å². The predicted molar refractivity (Wildman–Crippen MR) is 128 cm³/mol. The van der Waals surface area contributed by atoms with Crippen LogP contribution < -0.4 is 5.32 Å². The quantitative estimate of drug-likeness (QED) is 0.646. The van der Waals surface area contributed by atoms with E-state index < -0.39 is 0 Å². The number of benzene rings is 2. The van der Waals surface area contributed by atoms with E-state index in [9.17, 15) is 4.79 Å². The minimum Gasteiger partial charge on any atom is -0.340 e. The van der Waals surface area contributed by atoms with Gasteiger partial charge in [0, 0.05) is 44.3 Å². The van der Waals surface area contributed by atoms with Gasteiger partial charge in [0.05, 0.1) is 23.5 Å². The van der Waals surface area contributed by atoms with Gasteiger partial charge in [0.1, 0.15) is 5.82 Å². The number of para-hydroxylation sites is 2. The molecule has 2 aliphatic rings. The molecule has 7 heteroatoms. The molecule has 5 rings (SSSR count). The second-order valence-electron chi connectivity index (χ2n) is 8.88. The van der Waals surface area contributed by atoms with E-state index in [1.54, 1.807) is 0 Å². The molecule has 0 bridgehead atoms. The number of hydrogen-bond donors (Lipinski definition) is 1. The summed E-state index contributed by atoms with van der Waals surface area (Å²) in [6.07, 6.45) is 2.04. The molecule has 1 aromatic heterocycles. The highest BCUT2D eigenvalue weighted by Crippen LogP contribution is 2.24. The number of piperidine rings is 1. The number of nitrogens with zero attached hydrogens (tertiary/aromatic N) is 4. The molecule has 6 nitrogen and oxygen atoms in total. The molecule has 0 aliphatic carbocycles. The lowest BCUT2D eigenvalue weighted by atomic mass is 9.96. The molecule has 1 N–H and O–H groups in total. The Morgan fingerprint density at radius 2 is 1.81 bits per heavy atom. The molecule has 2 aliphatic heterocycles. The highest BCUT2D eigenvalue weighted by atomic mass is 35.5. The second kappa shape index (κ2) is 9.61. The Labute approximate surface area is 194 Å². The minimum absolute atomic E-state index is 0.0935. The van der Waals surface area contributed by atoms with Crippen LogP contribution in [0.4, 0.5) is 0 Å². The number of imidazole rings is 1. The normalized spacial score (nSPS) is 20.0. The topological polar surface area (TPSA) is 53.4 Å². The molecule has 2 saturated heterocycles. The van der Waals surface area contributed by atoms with E-state index in [1.165, 1.54) is 5.56 Å². The summed E-state index contributed by atoms with van der Waals surface area (Å²) in [7, 11) is 0. The molecule has 3 aromatic rings. The largest absolute Gasteiger partial charge is 0.340 e. The summed E-state index contributed by atoms with van der Waals surface area (Å²) in [6.45, 7) is 6.78. The summed E-state index contributed by atoms with van der Waals surface area (Å²) >= 11 is 6.08. The summed E-state index contributed by atoms with van der Waals surface area (Å²) in [5.74, 6) is 1.47. The highest BCUT2D eigenvalue weighted by molar-refractivity contribution is 6.30. The number of hydrogen-bond acceptors (Lipinski definition) is 4. The van der Waals surface area contributed by atoms with Gasteiger partial charge in [0.2, 0.25) is 5.91 Å². The van der Waals surface area contributed by atoms with Crippen LogP contribution in [0.5, 0.6) is 0 Å². The number of likely N-dealkylation sites (tertiary alicyclic amines) is 1. The second-order valence-corrected chi connectivity index (χ2v) is 9.32. The van der Waals surface area contributed by atoms with Gasteiger partial charge in [0.15, 0.2) is 0 Å². The number of rotatable bonds is 5. The standard InChI is InChI=1S/C25H30ClN5O/c26-21-9-7-19(8-10-21)16-31-23-6-2-1-5-22(23)28-24(31)18-29-13-3-4-20(17-29)25(32)30-14-11-27-12-15-30/h1-2,5-10,20,27H,3-4,11-18H2/t20-/m0/s1. The van der Waals surface area contributed by atoms with Gasteiger partial charge in [-0.3, -0.25) is 9.69 Å². The van der Waals surface area contributed by atoms with Crippen LogP contribution in [-0.2, 0) is 17.9 Å². The molecule has 0 spiro atoms. The number of nitrogens with one attached hydrogen (secondary N) is 1. The van der Waals surface area contributed by atoms with E-state index in [0.717, 1.165) is 87.1 Å². The van der Waals surface area contributed by atoms with Gasteiger partial charge in [-0.15, -0.1) is 0 Å². The van der Waals surface area contributed by atoms with Crippen molar-refractivity contribution in [3.05, 3.63) is 64.9 Å². The molecule has 2 aromatic carbocycles. The minimum atomic E-state index is 0.0935. The first kappa shape index (κ1) is 21.4. The average molecular weight is 452 g/mol. The molecule has 2 fully saturated rings. The Kier molecular flexibility index (Phi) is 6.44. The predicted octanol–water partition coefficient (Wildman–Crippen LogP) is 3.38. The van der Waals surface area contributed by atoms with E-state index in [1.807, 2.05) is 23.1 Å². The van der Waals surface area contributed by atoms with Crippen LogP contribution in [0, 0.1) is 5.92 Å². The fraction of sp³-hybridized carbons (Fsp3) is 0.440. The van der Waals surface area contributed by atoms with Crippen LogP contribution in [0.15, 0.2) is 48.5 Å². The zero-order chi connectivity index (χ0) is 21.9. The number of amides is 1. The molecule has 0 radical (unpaired) electrons. The smallest absolute Gasteiger partial charge is 0.227 e. The lowest BCUT2D eigenvalue weighted by molar-refractivity contribution is -0.138. The molecule has 168 valence electrons. The summed E-state index contributed by atoms with van der Waals surface area (Å²) in [5.41, 5.74) is 3.36. The number of halogens is 1. The molecule has 1 atom stereocenters. The maximum Gasteiger partial charge on any atom is 0.227 e. The van der Waals surface area contributed by atoms with Crippen LogP contribution in [0.3, 0.4) is 0 Å². The third-order valence-electron chi connectivity index (χ3n) is 6.64. The summed E-state index contributed by atoms with van der Waals surface area (Å²) in [4.78, 5) is 22.5. The molecule has 3 heterocycles. The lowest BCUT2D eigenvalue weighted by Gasteiger charge is -2.36. The van der Waals surface area contributed by atoms with E-state index in [-0.39, 0.29) is 5.92 Å². The van der Waals surface area contributed by atoms with Crippen molar-refractivity contribution in [1.29, 1.82) is 0 Å². The zero-order valence-corrected chi connectivity index (χ0v) is 19.1. The maximum atomic E-state index is 13.1. The Hall–Kier alpha value is -2.41. The maximum absolute atomic E-state index is 13.1. The van der Waals surface area contributed by atoms with Crippen molar-refractivity contribution < 1.29 is 4.79 Å². The van der Waals surface area contributed by atoms with Crippen LogP contribution in [-0.4, -0.2) is 64.5 Å². The summed E-state index contributed by atoms with van der Waals surface area (Å²) in [5, 5.41) is 4.08. The number of piperazine rings is 1. The molecule has 32 heavy (non-hydrogen) atoms. The fourth-order valence-corrected chi connectivity index (χ4v) is 5.07. The van der Waals surface area contributed by atoms with Crippen molar-refractivity contribution in [1.82, 2.24) is 24.7 Å². The Bertz CT molecular complexity index is 1070. The van der Waals surface area contributed by atoms with Crippen molar-refractivity contribution in [2.24, 2.45) is 5.92 Å². The van der Waals surface area contributed by atoms with Gasteiger partial charge < -0.3 is 14.8 Å². The van der Waals surface area contributed by atoms with E-state index >= 15 is 0 Å². The van der Waals surface area contributed by atoms with Crippen LogP contribution in [0.25, 0.3) is 11.0 Å². The monoisotopic (exact) mass is 451 g/mol. The Morgan fingerprint density at radius 1 is 1.03 bits per heavy atom. The molecule has 0 unspecified atom stereocenters. The highest BCUT2D eigenvalue weighted by Gasteiger charge is 2.30. The van der Waals surface area contributed by atoms with Gasteiger partial charge >= 0.3 is 0 Å². The Balaban J connectivity index is 1.35. The van der Waals surface area contributed by atoms with Crippen molar-refractivity contribution in [3.63, 3.8) is 0 Å². The number of aromatic nitrogens is 2. The molecule has 1 amide bonds. The third-order valence-corrected chi connectivity index (χ3v) is 6.89. The first-order chi connectivity index (χ1) is 15.7. The van der Waals surface area contributed by atoms with Crippen molar-refractivity contribution >= 4 is 28.5 Å². The molecular weight excluding hydrogens is 422 g/mol. The number of carbonyl (C=O) groups excluding carboxylic acids is 1. The zero-order valence-electron chi connectivity index (χ0n) is 18.3. The summed E-state index contributed by atoms with van der Waals surface area (Å²) in [6, 6.07) is 16.3. The summed E-state index contributed by atoms with van der Waals surface area (Å²) < 4.78 is 2.31. The van der Waals surface area contributed by atoms with Crippen molar-refractivity contribution in [2.45, 2.75) is 25.9 Å². The van der Waals surface area contributed by atoms with E-state index in [2.05, 4.69) is 45.1 Å². The van der Waals surface area contributed by atoms with Crippen molar-refractivity contribution in [2.75, 3.05) is 39.3 Å². The van der Waals surface area contributed by atoms with Gasteiger partial charge in [-0.1, -0.05) is 35.9 Å². The van der Waals surface area contributed by atoms with Gasteiger partial charge in [-0.05, 0) is 49.2 Å². The van der Waals surface area contributed by atoms with Gasteiger partial charge in [-0.2, -0.15) is 0 Å². The first-order valence-corrected chi connectivity index (χ1v) is 12.0. The van der Waals surface area contributed by atoms with E-state index in [0.29, 0.717) is 5.91 Å². The SMILES string of the molecule is O=C([C@H]1CCCN(Cc2nc3ccccc3n2Cc2ccc(Cl)cc2)C1)N1CCNCC1. The third kappa shape index (κ3) is 4.68. The molecule has 0 saturated carbocycles. The van der Waals surface area contributed by atoms with Crippen molar-refractivity contribution in [3.8, 4) is 0 Å². The number of carbonyl (C=O) groups is 1. The first-order valence-electron chi connectivity index (χ1n) is 11.6. The fourth-order valence-electron chi connectivity index (χ4n) is 4.94. The van der Waals surface area contributed by atoms with Crippen LogP contribution >= 0.6 is 11.6 Å². The van der Waals surface area contributed by atoms with Crippen LogP contribution in [0.1, 0.15) is 24.2 Å². The van der Waals surface area contributed by atoms with Crippen LogP contribution in [0.2, 0.25) is 5.02 Å². The van der Waals surface area contributed by atoms with Gasteiger partial charge in [0.25, 0.3) is 0 Å².